The molecule has 0 fully saturated rings. The molecule has 0 aliphatic heterocycles. The van der Waals surface area contributed by atoms with Gasteiger partial charge in [0.25, 0.3) is 0 Å². The van der Waals surface area contributed by atoms with E-state index >= 15 is 0 Å². The molecule has 2 rings (SSSR count). The number of hydrogen-bond donors (Lipinski definition) is 0. The van der Waals surface area contributed by atoms with E-state index in [9.17, 15) is 9.18 Å². The van der Waals surface area contributed by atoms with E-state index in [0.29, 0.717) is 0 Å². The summed E-state index contributed by atoms with van der Waals surface area (Å²) in [7, 11) is 1.65. The number of nitrogens with zero attached hydrogens (tertiary/aromatic N) is 3. The fraction of sp³-hybridized carbons (Fsp3) is 0.154. The number of carbonyl (C=O) groups excluding carboxylic acids is 1. The van der Waals surface area contributed by atoms with Gasteiger partial charge in [0.2, 0.25) is 0 Å². The Balaban J connectivity index is 2.47. The lowest BCUT2D eigenvalue weighted by atomic mass is 9.92. The highest BCUT2D eigenvalue weighted by molar-refractivity contribution is 6.31. The molecule has 0 aliphatic rings. The Bertz CT molecular complexity index is 655. The highest BCUT2D eigenvalue weighted by Gasteiger charge is 2.27. The molecule has 0 saturated heterocycles. The van der Waals surface area contributed by atoms with Crippen LogP contribution in [0.15, 0.2) is 30.6 Å². The molecule has 6 heteroatoms. The maximum absolute atomic E-state index is 13.8. The van der Waals surface area contributed by atoms with Crippen molar-refractivity contribution in [3.63, 3.8) is 0 Å². The van der Waals surface area contributed by atoms with Crippen LogP contribution in [0.1, 0.15) is 21.8 Å². The monoisotopic (exact) mass is 277 g/mol. The van der Waals surface area contributed by atoms with Gasteiger partial charge in [-0.25, -0.2) is 4.39 Å². The molecule has 0 bridgehead atoms. The fourth-order valence-corrected chi connectivity index (χ4v) is 2.03. The van der Waals surface area contributed by atoms with Gasteiger partial charge in [-0.15, -0.1) is 0 Å². The first-order valence-electron chi connectivity index (χ1n) is 5.41. The average Bonchev–Trinajstić information content (AvgIpc) is 2.80. The lowest BCUT2D eigenvalue weighted by molar-refractivity contribution is 0.0977. The Labute approximate surface area is 114 Å². The second-order valence-electron chi connectivity index (χ2n) is 3.96. The van der Waals surface area contributed by atoms with Crippen LogP contribution in [0.4, 0.5) is 4.39 Å². The number of halogens is 2. The summed E-state index contributed by atoms with van der Waals surface area (Å²) in [5.41, 5.74) is 0.147. The van der Waals surface area contributed by atoms with Gasteiger partial charge in [0.05, 0.1) is 17.8 Å². The van der Waals surface area contributed by atoms with Gasteiger partial charge in [0.15, 0.2) is 5.78 Å². The Kier molecular flexibility index (Phi) is 3.63. The minimum absolute atomic E-state index is 0.0591. The van der Waals surface area contributed by atoms with Crippen LogP contribution < -0.4 is 0 Å². The first kappa shape index (κ1) is 13.2. The molecule has 1 unspecified atom stereocenters. The van der Waals surface area contributed by atoms with E-state index in [2.05, 4.69) is 5.10 Å². The molecule has 0 N–H and O–H groups in total. The predicted molar refractivity (Wildman–Crippen MR) is 67.3 cm³/mol. The summed E-state index contributed by atoms with van der Waals surface area (Å²) in [6.45, 7) is 0. The molecular formula is C13H9ClFN3O. The molecular weight excluding hydrogens is 269 g/mol. The van der Waals surface area contributed by atoms with Crippen molar-refractivity contribution >= 4 is 17.4 Å². The van der Waals surface area contributed by atoms with Crippen molar-refractivity contribution < 1.29 is 9.18 Å². The van der Waals surface area contributed by atoms with Gasteiger partial charge in [-0.3, -0.25) is 9.48 Å². The van der Waals surface area contributed by atoms with Crippen LogP contribution in [0.3, 0.4) is 0 Å². The average molecular weight is 278 g/mol. The number of carbonyl (C=O) groups is 1. The Hall–Kier alpha value is -2.19. The second kappa shape index (κ2) is 5.21. The largest absolute Gasteiger partial charge is 0.292 e. The van der Waals surface area contributed by atoms with Crippen LogP contribution in [-0.2, 0) is 7.05 Å². The van der Waals surface area contributed by atoms with Gasteiger partial charge in [-0.1, -0.05) is 17.7 Å². The molecule has 0 radical (unpaired) electrons. The summed E-state index contributed by atoms with van der Waals surface area (Å²) in [6, 6.07) is 5.83. The van der Waals surface area contributed by atoms with E-state index in [0.717, 1.165) is 0 Å². The van der Waals surface area contributed by atoms with E-state index in [1.54, 1.807) is 13.1 Å². The lowest BCUT2D eigenvalue weighted by Crippen LogP contribution is -2.13. The summed E-state index contributed by atoms with van der Waals surface area (Å²) < 4.78 is 15.2. The number of rotatable bonds is 3. The van der Waals surface area contributed by atoms with E-state index < -0.39 is 17.5 Å². The molecule has 0 spiro atoms. The first-order chi connectivity index (χ1) is 9.04. The molecule has 4 nitrogen and oxygen atoms in total. The number of ketones is 1. The first-order valence-corrected chi connectivity index (χ1v) is 5.78. The summed E-state index contributed by atoms with van der Waals surface area (Å²) >= 11 is 5.88. The van der Waals surface area contributed by atoms with Crippen LogP contribution in [0.5, 0.6) is 0 Å². The SMILES string of the molecule is Cn1cc(C(=O)C(C#N)c2c(F)cccc2Cl)cn1. The Morgan fingerprint density at radius 1 is 1.58 bits per heavy atom. The second-order valence-corrected chi connectivity index (χ2v) is 4.37. The van der Waals surface area contributed by atoms with Crippen LogP contribution in [0, 0.1) is 17.1 Å². The maximum atomic E-state index is 13.8. The van der Waals surface area contributed by atoms with E-state index in [-0.39, 0.29) is 16.1 Å². The summed E-state index contributed by atoms with van der Waals surface area (Å²) in [5, 5.41) is 13.1. The Morgan fingerprint density at radius 2 is 2.32 bits per heavy atom. The van der Waals surface area contributed by atoms with Crippen molar-refractivity contribution in [2.24, 2.45) is 7.05 Å². The molecule has 19 heavy (non-hydrogen) atoms. The van der Waals surface area contributed by atoms with Crippen LogP contribution >= 0.6 is 11.6 Å². The standard InChI is InChI=1S/C13H9ClFN3O/c1-18-7-8(6-17-18)13(19)9(5-16)12-10(14)3-2-4-11(12)15/h2-4,6-7,9H,1H3. The number of Topliss-reactive ketones (excluding diaryl/α,β-unsaturated/α-hetero) is 1. The smallest absolute Gasteiger partial charge is 0.187 e. The zero-order chi connectivity index (χ0) is 14.0. The number of aromatic nitrogens is 2. The van der Waals surface area contributed by atoms with Crippen molar-refractivity contribution in [2.75, 3.05) is 0 Å². The quantitative estimate of drug-likeness (QED) is 0.811. The number of aryl methyl sites for hydroxylation is 1. The molecule has 0 saturated carbocycles. The third-order valence-corrected chi connectivity index (χ3v) is 3.00. The molecule has 1 aromatic heterocycles. The topological polar surface area (TPSA) is 58.7 Å². The van der Waals surface area contributed by atoms with E-state index in [4.69, 9.17) is 16.9 Å². The summed E-state index contributed by atoms with van der Waals surface area (Å²) in [6.07, 6.45) is 2.81. The zero-order valence-corrected chi connectivity index (χ0v) is 10.7. The number of benzene rings is 1. The summed E-state index contributed by atoms with van der Waals surface area (Å²) in [5.74, 6) is -2.48. The molecule has 96 valence electrons. The fourth-order valence-electron chi connectivity index (χ4n) is 1.76. The highest BCUT2D eigenvalue weighted by Crippen LogP contribution is 2.29. The van der Waals surface area contributed by atoms with Gasteiger partial charge in [-0.2, -0.15) is 10.4 Å². The van der Waals surface area contributed by atoms with Gasteiger partial charge in [-0.05, 0) is 12.1 Å². The van der Waals surface area contributed by atoms with Gasteiger partial charge >= 0.3 is 0 Å². The van der Waals surface area contributed by atoms with Gasteiger partial charge < -0.3 is 0 Å². The maximum Gasteiger partial charge on any atom is 0.187 e. The normalized spacial score (nSPS) is 11.9. The third-order valence-electron chi connectivity index (χ3n) is 2.67. The minimum Gasteiger partial charge on any atom is -0.292 e. The number of hydrogen-bond acceptors (Lipinski definition) is 3. The van der Waals surface area contributed by atoms with Crippen molar-refractivity contribution in [2.45, 2.75) is 5.92 Å². The zero-order valence-electron chi connectivity index (χ0n) is 9.97. The van der Waals surface area contributed by atoms with Crippen molar-refractivity contribution in [3.05, 3.63) is 52.6 Å². The molecule has 1 heterocycles. The lowest BCUT2D eigenvalue weighted by Gasteiger charge is -2.10. The van der Waals surface area contributed by atoms with Crippen LogP contribution in [-0.4, -0.2) is 15.6 Å². The predicted octanol–water partition coefficient (Wildman–Crippen LogP) is 2.70. The molecule has 1 atom stereocenters. The molecule has 1 aromatic carbocycles. The highest BCUT2D eigenvalue weighted by atomic mass is 35.5. The molecule has 2 aromatic rings. The van der Waals surface area contributed by atoms with Crippen LogP contribution in [0.25, 0.3) is 0 Å². The summed E-state index contributed by atoms with van der Waals surface area (Å²) in [4.78, 5) is 12.2. The van der Waals surface area contributed by atoms with Crippen molar-refractivity contribution in [1.29, 1.82) is 5.26 Å². The van der Waals surface area contributed by atoms with Crippen molar-refractivity contribution in [1.82, 2.24) is 9.78 Å². The minimum atomic E-state index is -1.28. The molecule has 0 aliphatic carbocycles. The van der Waals surface area contributed by atoms with Crippen molar-refractivity contribution in [3.8, 4) is 6.07 Å². The van der Waals surface area contributed by atoms with E-state index in [1.165, 1.54) is 35.3 Å². The van der Waals surface area contributed by atoms with E-state index in [1.807, 2.05) is 0 Å². The third kappa shape index (κ3) is 2.49. The van der Waals surface area contributed by atoms with Gasteiger partial charge in [0.1, 0.15) is 11.7 Å². The van der Waals surface area contributed by atoms with Crippen LogP contribution in [0.2, 0.25) is 5.02 Å². The van der Waals surface area contributed by atoms with Gasteiger partial charge in [0, 0.05) is 23.8 Å². The molecule has 0 amide bonds. The number of nitriles is 1. The Morgan fingerprint density at radius 3 is 2.84 bits per heavy atom.